The number of nitriles is 1. The summed E-state index contributed by atoms with van der Waals surface area (Å²) in [6.45, 7) is 2.44. The number of carbonyl (C=O) groups is 3. The highest BCUT2D eigenvalue weighted by Crippen LogP contribution is 2.49. The van der Waals surface area contributed by atoms with E-state index < -0.39 is 11.4 Å². The molecule has 39 heavy (non-hydrogen) atoms. The highest BCUT2D eigenvalue weighted by Gasteiger charge is 2.51. The Hall–Kier alpha value is -3.28. The number of nitrogens with zero attached hydrogens (tertiary/aromatic N) is 1. The number of carboxylic acid groups (broad SMARTS) is 1. The van der Waals surface area contributed by atoms with Crippen molar-refractivity contribution >= 4 is 17.8 Å². The van der Waals surface area contributed by atoms with Crippen molar-refractivity contribution in [1.82, 2.24) is 10.6 Å². The van der Waals surface area contributed by atoms with Gasteiger partial charge in [0.15, 0.2) is 0 Å². The van der Waals surface area contributed by atoms with Crippen LogP contribution in [0.2, 0.25) is 0 Å². The van der Waals surface area contributed by atoms with Crippen LogP contribution in [-0.2, 0) is 9.59 Å². The zero-order valence-corrected chi connectivity index (χ0v) is 22.8. The van der Waals surface area contributed by atoms with Crippen molar-refractivity contribution in [1.29, 1.82) is 5.26 Å². The molecular weight excluding hydrogens is 498 g/mol. The van der Waals surface area contributed by atoms with Gasteiger partial charge in [0.25, 0.3) is 5.91 Å². The molecule has 4 aliphatic carbocycles. The van der Waals surface area contributed by atoms with Gasteiger partial charge in [0.2, 0.25) is 5.91 Å². The van der Waals surface area contributed by atoms with Gasteiger partial charge < -0.3 is 25.2 Å². The molecule has 4 saturated carbocycles. The number of aliphatic carboxylic acids is 1. The molecule has 0 heterocycles. The van der Waals surface area contributed by atoms with Crippen LogP contribution in [0.25, 0.3) is 0 Å². The first-order chi connectivity index (χ1) is 18.7. The Balaban J connectivity index is 1.30. The Labute approximate surface area is 229 Å². The summed E-state index contributed by atoms with van der Waals surface area (Å²) in [7, 11) is 1.45. The predicted octanol–water partition coefficient (Wildman–Crippen LogP) is 4.04. The normalized spacial score (nSPS) is 31.3. The van der Waals surface area contributed by atoms with Crippen molar-refractivity contribution in [3.63, 3.8) is 0 Å². The van der Waals surface area contributed by atoms with E-state index in [2.05, 4.69) is 16.7 Å². The molecule has 0 saturated heterocycles. The van der Waals surface area contributed by atoms with E-state index in [0.717, 1.165) is 31.6 Å². The van der Waals surface area contributed by atoms with E-state index in [0.29, 0.717) is 32.2 Å². The second-order valence-corrected chi connectivity index (χ2v) is 12.2. The average Bonchev–Trinajstić information content (AvgIpc) is 3.53. The molecular formula is C30H39N3O6. The molecule has 4 fully saturated rings. The topological polar surface area (TPSA) is 138 Å². The van der Waals surface area contributed by atoms with Crippen LogP contribution in [0.5, 0.6) is 11.5 Å². The summed E-state index contributed by atoms with van der Waals surface area (Å²) in [5, 5.41) is 25.5. The lowest BCUT2D eigenvalue weighted by Crippen LogP contribution is -2.50. The van der Waals surface area contributed by atoms with Crippen LogP contribution < -0.4 is 20.1 Å². The fourth-order valence-electron chi connectivity index (χ4n) is 6.86. The van der Waals surface area contributed by atoms with E-state index in [-0.39, 0.29) is 64.3 Å². The third-order valence-electron chi connectivity index (χ3n) is 9.58. The smallest absolute Gasteiger partial charge is 0.309 e. The number of amides is 2. The van der Waals surface area contributed by atoms with Crippen LogP contribution in [0.3, 0.4) is 0 Å². The molecule has 2 amide bonds. The van der Waals surface area contributed by atoms with Crippen LogP contribution >= 0.6 is 0 Å². The van der Waals surface area contributed by atoms with E-state index >= 15 is 0 Å². The number of nitrogens with one attached hydrogen (secondary N) is 2. The Kier molecular flexibility index (Phi) is 7.75. The summed E-state index contributed by atoms with van der Waals surface area (Å²) in [6.07, 6.45) is 8.28. The van der Waals surface area contributed by atoms with Crippen molar-refractivity contribution in [3.8, 4) is 17.6 Å². The maximum atomic E-state index is 13.6. The van der Waals surface area contributed by atoms with Gasteiger partial charge in [-0.05, 0) is 82.1 Å². The number of hydrogen-bond acceptors (Lipinski definition) is 6. The van der Waals surface area contributed by atoms with Crippen molar-refractivity contribution in [3.05, 3.63) is 23.3 Å². The van der Waals surface area contributed by atoms with Gasteiger partial charge in [0, 0.05) is 18.7 Å². The Morgan fingerprint density at radius 2 is 1.79 bits per heavy atom. The van der Waals surface area contributed by atoms with E-state index in [1.165, 1.54) is 26.0 Å². The number of carbonyl (C=O) groups excluding carboxylic acids is 2. The van der Waals surface area contributed by atoms with Gasteiger partial charge in [-0.3, -0.25) is 14.4 Å². The standard InChI is InChI=1S/C30H39N3O6/c1-30(29(36)37)10-7-21(8-11-30)39-23-15-22(24(38-2)14-20(23)16-31)27(34)33-26-19-6-5-18(13-19)25(26)28(35)32-12-9-17-3-4-17/h14-15,17-19,21,25-26H,3-13H2,1-2H3,(H,32,35)(H,33,34)(H,36,37)/t18-,19+,21-,25+,26-,30+/m1/s1. The zero-order valence-electron chi connectivity index (χ0n) is 22.8. The molecule has 210 valence electrons. The monoisotopic (exact) mass is 537 g/mol. The maximum Gasteiger partial charge on any atom is 0.309 e. The first-order valence-corrected chi connectivity index (χ1v) is 14.3. The van der Waals surface area contributed by atoms with Crippen LogP contribution in [0.15, 0.2) is 12.1 Å². The largest absolute Gasteiger partial charge is 0.496 e. The molecule has 1 aromatic carbocycles. The average molecular weight is 538 g/mol. The molecule has 0 aromatic heterocycles. The number of hydrogen-bond donors (Lipinski definition) is 3. The lowest BCUT2D eigenvalue weighted by Gasteiger charge is -2.34. The quantitative estimate of drug-likeness (QED) is 0.409. The van der Waals surface area contributed by atoms with Gasteiger partial charge >= 0.3 is 5.97 Å². The van der Waals surface area contributed by atoms with Crippen molar-refractivity contribution in [2.45, 2.75) is 83.3 Å². The lowest BCUT2D eigenvalue weighted by molar-refractivity contribution is -0.150. The van der Waals surface area contributed by atoms with Gasteiger partial charge in [0.05, 0.1) is 35.7 Å². The molecule has 2 bridgehead atoms. The molecule has 9 heteroatoms. The molecule has 5 rings (SSSR count). The zero-order chi connectivity index (χ0) is 27.7. The van der Waals surface area contributed by atoms with Gasteiger partial charge in [0.1, 0.15) is 17.6 Å². The van der Waals surface area contributed by atoms with E-state index in [4.69, 9.17) is 9.47 Å². The molecule has 4 aliphatic rings. The summed E-state index contributed by atoms with van der Waals surface area (Å²) in [6, 6.07) is 4.95. The summed E-state index contributed by atoms with van der Waals surface area (Å²) < 4.78 is 11.7. The third kappa shape index (κ3) is 5.70. The molecule has 9 nitrogen and oxygen atoms in total. The van der Waals surface area contributed by atoms with Gasteiger partial charge in [-0.1, -0.05) is 12.8 Å². The molecule has 0 radical (unpaired) electrons. The fourth-order valence-corrected chi connectivity index (χ4v) is 6.86. The number of ether oxygens (including phenoxy) is 2. The number of benzene rings is 1. The highest BCUT2D eigenvalue weighted by atomic mass is 16.5. The first-order valence-electron chi connectivity index (χ1n) is 14.3. The van der Waals surface area contributed by atoms with Crippen molar-refractivity contribution in [2.24, 2.45) is 29.1 Å². The molecule has 1 aromatic rings. The van der Waals surface area contributed by atoms with Crippen molar-refractivity contribution in [2.75, 3.05) is 13.7 Å². The number of rotatable bonds is 10. The van der Waals surface area contributed by atoms with Gasteiger partial charge in [-0.25, -0.2) is 0 Å². The van der Waals surface area contributed by atoms with E-state index in [1.807, 2.05) is 0 Å². The maximum absolute atomic E-state index is 13.6. The van der Waals surface area contributed by atoms with Gasteiger partial charge in [-0.15, -0.1) is 0 Å². The number of fused-ring (bicyclic) bond motifs is 2. The second-order valence-electron chi connectivity index (χ2n) is 12.2. The van der Waals surface area contributed by atoms with Crippen LogP contribution in [0, 0.1) is 40.4 Å². The van der Waals surface area contributed by atoms with E-state index in [9.17, 15) is 24.8 Å². The minimum Gasteiger partial charge on any atom is -0.496 e. The van der Waals surface area contributed by atoms with Crippen LogP contribution in [0.1, 0.15) is 87.1 Å². The first kappa shape index (κ1) is 27.3. The summed E-state index contributed by atoms with van der Waals surface area (Å²) in [4.78, 5) is 38.4. The second kappa shape index (κ2) is 11.1. The molecule has 0 unspecified atom stereocenters. The SMILES string of the molecule is COc1cc(C#N)c(O[C@H]2CC[C@@](C)(C(=O)O)CC2)cc1C(=O)N[C@@H]1[C@H]2CC[C@H](C2)[C@@H]1C(=O)NCCC1CC1. The molecule has 0 aliphatic heterocycles. The Morgan fingerprint density at radius 1 is 1.08 bits per heavy atom. The summed E-state index contributed by atoms with van der Waals surface area (Å²) in [5.74, 6) is 0.495. The molecule has 4 atom stereocenters. The summed E-state index contributed by atoms with van der Waals surface area (Å²) in [5.41, 5.74) is -0.263. The fraction of sp³-hybridized carbons (Fsp3) is 0.667. The minimum absolute atomic E-state index is 0.0367. The molecule has 3 N–H and O–H groups in total. The van der Waals surface area contributed by atoms with Crippen LogP contribution in [0.4, 0.5) is 0 Å². The van der Waals surface area contributed by atoms with E-state index in [1.54, 1.807) is 13.0 Å². The van der Waals surface area contributed by atoms with Crippen molar-refractivity contribution < 1.29 is 29.0 Å². The molecule has 0 spiro atoms. The highest BCUT2D eigenvalue weighted by molar-refractivity contribution is 5.98. The lowest BCUT2D eigenvalue weighted by atomic mass is 9.75. The Bertz CT molecular complexity index is 1160. The predicted molar refractivity (Wildman–Crippen MR) is 142 cm³/mol. The summed E-state index contributed by atoms with van der Waals surface area (Å²) >= 11 is 0. The minimum atomic E-state index is -0.808. The number of methoxy groups -OCH3 is 1. The van der Waals surface area contributed by atoms with Crippen LogP contribution in [-0.4, -0.2) is 48.7 Å². The Morgan fingerprint density at radius 3 is 2.44 bits per heavy atom. The van der Waals surface area contributed by atoms with Gasteiger partial charge in [-0.2, -0.15) is 5.26 Å². The third-order valence-corrected chi connectivity index (χ3v) is 9.58. The number of carboxylic acids is 1.